The summed E-state index contributed by atoms with van der Waals surface area (Å²) >= 11 is 5.20. The summed E-state index contributed by atoms with van der Waals surface area (Å²) in [6.07, 6.45) is 3.84. The molecule has 2 rings (SSSR count). The number of rotatable bonds is 4. The first-order valence-corrected chi connectivity index (χ1v) is 7.94. The summed E-state index contributed by atoms with van der Waals surface area (Å²) in [6.45, 7) is 5.78. The molecule has 0 saturated heterocycles. The van der Waals surface area contributed by atoms with E-state index in [9.17, 15) is 4.79 Å². The van der Waals surface area contributed by atoms with Crippen LogP contribution in [0, 0.1) is 5.41 Å². The van der Waals surface area contributed by atoms with Gasteiger partial charge in [0, 0.05) is 14.7 Å². The van der Waals surface area contributed by atoms with E-state index in [4.69, 9.17) is 4.74 Å². The van der Waals surface area contributed by atoms with Gasteiger partial charge in [0.2, 0.25) is 0 Å². The van der Waals surface area contributed by atoms with Crippen molar-refractivity contribution >= 4 is 33.2 Å². The molecule has 0 atom stereocenters. The average Bonchev–Trinajstić information content (AvgIpc) is 2.92. The topological polar surface area (TPSA) is 26.3 Å². The van der Waals surface area contributed by atoms with Crippen molar-refractivity contribution in [2.45, 2.75) is 52.1 Å². The first kappa shape index (κ1) is 14.1. The maximum Gasteiger partial charge on any atom is 0.312 e. The monoisotopic (exact) mass is 330 g/mol. The van der Waals surface area contributed by atoms with E-state index in [0.29, 0.717) is 0 Å². The smallest absolute Gasteiger partial charge is 0.312 e. The van der Waals surface area contributed by atoms with Gasteiger partial charge < -0.3 is 4.74 Å². The Bertz CT molecular complexity index is 441. The lowest BCUT2D eigenvalue weighted by atomic mass is 9.99. The Morgan fingerprint density at radius 3 is 2.61 bits per heavy atom. The highest BCUT2D eigenvalue weighted by molar-refractivity contribution is 9.10. The molecule has 18 heavy (non-hydrogen) atoms. The Morgan fingerprint density at radius 1 is 1.50 bits per heavy atom. The fraction of sp³-hybridized carbons (Fsp3) is 0.643. The second kappa shape index (κ2) is 4.97. The molecule has 2 nitrogen and oxygen atoms in total. The van der Waals surface area contributed by atoms with Gasteiger partial charge in [-0.3, -0.25) is 4.79 Å². The minimum atomic E-state index is -0.376. The second-order valence-corrected chi connectivity index (χ2v) is 7.92. The number of esters is 1. The Balaban J connectivity index is 1.90. The molecule has 1 aliphatic carbocycles. The van der Waals surface area contributed by atoms with Crippen LogP contribution in [-0.2, 0) is 16.0 Å². The zero-order chi connectivity index (χ0) is 13.4. The number of thiophene rings is 1. The van der Waals surface area contributed by atoms with E-state index >= 15 is 0 Å². The SMILES string of the molecule is CC(C)(C)OC(=O)C1(CCc2cc(Br)cs2)CC1. The highest BCUT2D eigenvalue weighted by Gasteiger charge is 2.51. The number of ether oxygens (including phenoxy) is 1. The van der Waals surface area contributed by atoms with Gasteiger partial charge in [0.15, 0.2) is 0 Å². The van der Waals surface area contributed by atoms with Crippen molar-refractivity contribution in [1.82, 2.24) is 0 Å². The molecule has 1 aromatic heterocycles. The molecular weight excluding hydrogens is 312 g/mol. The molecule has 1 aliphatic rings. The summed E-state index contributed by atoms with van der Waals surface area (Å²) < 4.78 is 6.64. The maximum atomic E-state index is 12.1. The number of carbonyl (C=O) groups is 1. The minimum absolute atomic E-state index is 0.00868. The number of aryl methyl sites for hydroxylation is 1. The third-order valence-electron chi connectivity index (χ3n) is 3.16. The number of halogens is 1. The fourth-order valence-corrected chi connectivity index (χ4v) is 3.40. The van der Waals surface area contributed by atoms with Gasteiger partial charge in [-0.05, 0) is 68.5 Å². The molecule has 1 heterocycles. The van der Waals surface area contributed by atoms with Crippen LogP contribution in [0.25, 0.3) is 0 Å². The summed E-state index contributed by atoms with van der Waals surface area (Å²) in [4.78, 5) is 13.5. The van der Waals surface area contributed by atoms with Crippen LogP contribution < -0.4 is 0 Å². The highest BCUT2D eigenvalue weighted by atomic mass is 79.9. The summed E-state index contributed by atoms with van der Waals surface area (Å²) in [5.41, 5.74) is -0.567. The van der Waals surface area contributed by atoms with Crippen LogP contribution in [0.5, 0.6) is 0 Å². The van der Waals surface area contributed by atoms with Crippen LogP contribution in [-0.4, -0.2) is 11.6 Å². The van der Waals surface area contributed by atoms with Crippen LogP contribution >= 0.6 is 27.3 Å². The van der Waals surface area contributed by atoms with Crippen molar-refractivity contribution in [3.8, 4) is 0 Å². The highest BCUT2D eigenvalue weighted by Crippen LogP contribution is 2.51. The molecular formula is C14H19BrO2S. The lowest BCUT2D eigenvalue weighted by Gasteiger charge is -2.23. The molecule has 0 N–H and O–H groups in total. The minimum Gasteiger partial charge on any atom is -0.460 e. The Hall–Kier alpha value is -0.350. The molecule has 0 aliphatic heterocycles. The van der Waals surface area contributed by atoms with E-state index in [2.05, 4.69) is 27.4 Å². The van der Waals surface area contributed by atoms with Crippen molar-refractivity contribution in [2.24, 2.45) is 5.41 Å². The van der Waals surface area contributed by atoms with Crippen molar-refractivity contribution in [1.29, 1.82) is 0 Å². The quantitative estimate of drug-likeness (QED) is 0.756. The van der Waals surface area contributed by atoms with Gasteiger partial charge in [-0.1, -0.05) is 0 Å². The lowest BCUT2D eigenvalue weighted by molar-refractivity contribution is -0.162. The van der Waals surface area contributed by atoms with Crippen molar-refractivity contribution in [3.63, 3.8) is 0 Å². The molecule has 1 fully saturated rings. The van der Waals surface area contributed by atoms with Gasteiger partial charge in [0.25, 0.3) is 0 Å². The number of carbonyl (C=O) groups excluding carboxylic acids is 1. The van der Waals surface area contributed by atoms with E-state index in [1.54, 1.807) is 11.3 Å². The number of hydrogen-bond donors (Lipinski definition) is 0. The molecule has 4 heteroatoms. The molecule has 0 bridgehead atoms. The van der Waals surface area contributed by atoms with Crippen LogP contribution in [0.15, 0.2) is 15.9 Å². The van der Waals surface area contributed by atoms with Crippen LogP contribution in [0.4, 0.5) is 0 Å². The van der Waals surface area contributed by atoms with Crippen LogP contribution in [0.3, 0.4) is 0 Å². The van der Waals surface area contributed by atoms with E-state index in [1.165, 1.54) is 4.88 Å². The summed E-state index contributed by atoms with van der Waals surface area (Å²) in [7, 11) is 0. The summed E-state index contributed by atoms with van der Waals surface area (Å²) in [6, 6.07) is 2.13. The molecule has 1 aromatic rings. The second-order valence-electron chi connectivity index (χ2n) is 6.01. The van der Waals surface area contributed by atoms with Crippen LogP contribution in [0.1, 0.15) is 44.9 Å². The number of hydrogen-bond acceptors (Lipinski definition) is 3. The van der Waals surface area contributed by atoms with Crippen molar-refractivity contribution in [3.05, 3.63) is 20.8 Å². The van der Waals surface area contributed by atoms with E-state index in [-0.39, 0.29) is 17.0 Å². The Labute approximate surface area is 121 Å². The molecule has 0 spiro atoms. The van der Waals surface area contributed by atoms with Gasteiger partial charge in [-0.25, -0.2) is 0 Å². The summed E-state index contributed by atoms with van der Waals surface area (Å²) in [5.74, 6) is -0.00868. The standard InChI is InChI=1S/C14H19BrO2S/c1-13(2,3)17-12(16)14(6-7-14)5-4-11-8-10(15)9-18-11/h8-9H,4-7H2,1-3H3. The fourth-order valence-electron chi connectivity index (χ4n) is 1.94. The average molecular weight is 331 g/mol. The molecule has 1 saturated carbocycles. The third kappa shape index (κ3) is 3.58. The predicted molar refractivity (Wildman–Crippen MR) is 77.9 cm³/mol. The first-order chi connectivity index (χ1) is 8.31. The van der Waals surface area contributed by atoms with E-state index in [0.717, 1.165) is 30.2 Å². The van der Waals surface area contributed by atoms with E-state index in [1.807, 2.05) is 20.8 Å². The molecule has 0 radical (unpaired) electrons. The maximum absolute atomic E-state index is 12.1. The van der Waals surface area contributed by atoms with Gasteiger partial charge in [0.05, 0.1) is 5.41 Å². The zero-order valence-corrected chi connectivity index (χ0v) is 13.5. The van der Waals surface area contributed by atoms with Crippen LogP contribution in [0.2, 0.25) is 0 Å². The zero-order valence-electron chi connectivity index (χ0n) is 11.1. The van der Waals surface area contributed by atoms with Gasteiger partial charge in [-0.2, -0.15) is 0 Å². The molecule has 100 valence electrons. The summed E-state index contributed by atoms with van der Waals surface area (Å²) in [5, 5.41) is 2.09. The molecule has 0 amide bonds. The largest absolute Gasteiger partial charge is 0.460 e. The first-order valence-electron chi connectivity index (χ1n) is 6.27. The normalized spacial score (nSPS) is 17.6. The lowest BCUT2D eigenvalue weighted by Crippen LogP contribution is -2.30. The van der Waals surface area contributed by atoms with Crippen molar-refractivity contribution < 1.29 is 9.53 Å². The Kier molecular flexibility index (Phi) is 3.88. The van der Waals surface area contributed by atoms with Gasteiger partial charge >= 0.3 is 5.97 Å². The molecule has 0 aromatic carbocycles. The molecule has 0 unspecified atom stereocenters. The third-order valence-corrected chi connectivity index (χ3v) is 4.91. The van der Waals surface area contributed by atoms with Gasteiger partial charge in [0.1, 0.15) is 5.60 Å². The Morgan fingerprint density at radius 2 is 2.17 bits per heavy atom. The van der Waals surface area contributed by atoms with E-state index < -0.39 is 0 Å². The van der Waals surface area contributed by atoms with Gasteiger partial charge in [-0.15, -0.1) is 11.3 Å². The van der Waals surface area contributed by atoms with Crippen molar-refractivity contribution in [2.75, 3.05) is 0 Å². The predicted octanol–water partition coefficient (Wildman–Crippen LogP) is 4.57.